The molecule has 0 spiro atoms. The highest BCUT2D eigenvalue weighted by atomic mass is 32.2. The van der Waals surface area contributed by atoms with Gasteiger partial charge < -0.3 is 4.74 Å². The average molecular weight is 558 g/mol. The maximum absolute atomic E-state index is 12.9. The van der Waals surface area contributed by atoms with Gasteiger partial charge in [0.05, 0.1) is 24.2 Å². The molecular weight excluding hydrogens is 521 g/mol. The monoisotopic (exact) mass is 557 g/mol. The van der Waals surface area contributed by atoms with Crippen LogP contribution < -0.4 is 5.48 Å². The molecule has 0 aliphatic rings. The molecule has 1 aromatic heterocycles. The van der Waals surface area contributed by atoms with E-state index in [1.54, 1.807) is 33.8 Å². The van der Waals surface area contributed by atoms with Gasteiger partial charge in [0.2, 0.25) is 0 Å². The predicted molar refractivity (Wildman–Crippen MR) is 153 cm³/mol. The van der Waals surface area contributed by atoms with Gasteiger partial charge in [0.1, 0.15) is 22.5 Å². The molecule has 6 nitrogen and oxygen atoms in total. The summed E-state index contributed by atoms with van der Waals surface area (Å²) in [4.78, 5) is 19.9. The molecule has 0 aliphatic carbocycles. The molecule has 0 unspecified atom stereocenters. The lowest BCUT2D eigenvalue weighted by Crippen LogP contribution is -2.19. The minimum Gasteiger partial charge on any atom is -0.358 e. The summed E-state index contributed by atoms with van der Waals surface area (Å²) in [5.74, 6) is 2.39. The van der Waals surface area contributed by atoms with Crippen LogP contribution in [-0.2, 0) is 20.3 Å². The molecule has 1 rings (SSSR count). The molecule has 0 saturated carbocycles. The summed E-state index contributed by atoms with van der Waals surface area (Å²) >= 11 is 3.77. The van der Waals surface area contributed by atoms with Gasteiger partial charge in [0, 0.05) is 15.4 Å². The molecule has 36 heavy (non-hydrogen) atoms. The number of carbonyl (C=O) groups is 1. The number of ketones is 1. The van der Waals surface area contributed by atoms with E-state index >= 15 is 0 Å². The van der Waals surface area contributed by atoms with E-state index in [4.69, 9.17) is 14.8 Å². The van der Waals surface area contributed by atoms with Crippen LogP contribution in [0.25, 0.3) is 0 Å². The van der Waals surface area contributed by atoms with Gasteiger partial charge in [0.25, 0.3) is 0 Å². The number of thiophene rings is 1. The highest BCUT2D eigenvalue weighted by Crippen LogP contribution is 2.31. The van der Waals surface area contributed by atoms with Crippen LogP contribution in [0, 0.1) is 12.3 Å². The zero-order valence-corrected chi connectivity index (χ0v) is 24.1. The lowest BCUT2D eigenvalue weighted by atomic mass is 10.0. The number of aryl methyl sites for hydroxylation is 1. The number of hydrogen-bond donors (Lipinski definition) is 2. The van der Waals surface area contributed by atoms with E-state index < -0.39 is 11.6 Å². The first-order chi connectivity index (χ1) is 17.2. The van der Waals surface area contributed by atoms with Crippen molar-refractivity contribution in [2.24, 2.45) is 0 Å². The van der Waals surface area contributed by atoms with E-state index in [-0.39, 0.29) is 5.78 Å². The van der Waals surface area contributed by atoms with Crippen molar-refractivity contribution in [2.45, 2.75) is 52.9 Å². The molecule has 0 atom stereocenters. The molecule has 0 aromatic carbocycles. The Kier molecular flexibility index (Phi) is 19.2. The first-order valence-corrected chi connectivity index (χ1v) is 13.7. The zero-order valence-electron chi connectivity index (χ0n) is 21.6. The van der Waals surface area contributed by atoms with Crippen LogP contribution in [0.5, 0.6) is 0 Å². The van der Waals surface area contributed by atoms with Gasteiger partial charge in [0.15, 0.2) is 5.78 Å². The summed E-state index contributed by atoms with van der Waals surface area (Å²) in [6.07, 6.45) is 15.6. The Morgan fingerprint density at radius 2 is 2.00 bits per heavy atom. The first-order valence-electron chi connectivity index (χ1n) is 11.1. The first kappa shape index (κ1) is 34.2. The minimum atomic E-state index is -0.670. The van der Waals surface area contributed by atoms with Gasteiger partial charge in [-0.15, -0.1) is 23.7 Å². The number of hydrogen-bond acceptors (Lipinski definition) is 9. The highest BCUT2D eigenvalue weighted by Gasteiger charge is 2.20. The number of anilines is 1. The number of carbonyl (C=O) groups excluding carboxylic acids is 1. The Morgan fingerprint density at radius 3 is 2.56 bits per heavy atom. The number of nitrogens with one attached hydrogen (secondary N) is 1. The van der Waals surface area contributed by atoms with E-state index in [0.717, 1.165) is 28.2 Å². The smallest absolute Gasteiger partial charge is 0.195 e. The van der Waals surface area contributed by atoms with Gasteiger partial charge in [-0.3, -0.25) is 15.1 Å². The molecule has 2 N–H and O–H groups in total. The third kappa shape index (κ3) is 14.0. The number of allylic oxidation sites excluding steroid dienone is 6. The molecule has 0 amide bonds. The number of terminal acetylenes is 1. The van der Waals surface area contributed by atoms with Gasteiger partial charge in [-0.1, -0.05) is 55.1 Å². The zero-order chi connectivity index (χ0) is 27.4. The van der Waals surface area contributed by atoms with Crippen LogP contribution in [-0.4, -0.2) is 35.2 Å². The fourth-order valence-corrected chi connectivity index (χ4v) is 4.29. The maximum Gasteiger partial charge on any atom is 0.195 e. The summed E-state index contributed by atoms with van der Waals surface area (Å²) in [6, 6.07) is 1.85. The molecule has 1 aromatic rings. The van der Waals surface area contributed by atoms with Gasteiger partial charge in [-0.25, -0.2) is 9.65 Å². The summed E-state index contributed by atoms with van der Waals surface area (Å²) in [5.41, 5.74) is 3.84. The molecule has 0 bridgehead atoms. The fourth-order valence-electron chi connectivity index (χ4n) is 2.44. The Morgan fingerprint density at radius 1 is 1.31 bits per heavy atom. The van der Waals surface area contributed by atoms with Gasteiger partial charge in [-0.05, 0) is 47.1 Å². The van der Waals surface area contributed by atoms with Crippen LogP contribution in [0.15, 0.2) is 53.0 Å². The Balaban J connectivity index is 0.00000387. The quantitative estimate of drug-likeness (QED) is 0.0244. The number of halogens is 1. The van der Waals surface area contributed by atoms with E-state index in [2.05, 4.69) is 22.2 Å². The summed E-state index contributed by atoms with van der Waals surface area (Å²) in [5, 5.41) is 9.15. The second kappa shape index (κ2) is 20.2. The molecule has 0 saturated heterocycles. The number of ether oxygens (including phenoxy) is 1. The lowest BCUT2D eigenvalue weighted by molar-refractivity contribution is -0.123. The molecular formula is C26H36FNO5S3. The van der Waals surface area contributed by atoms with Gasteiger partial charge >= 0.3 is 0 Å². The third-order valence-electron chi connectivity index (χ3n) is 4.12. The Labute approximate surface area is 227 Å². The Bertz CT molecular complexity index is 946. The van der Waals surface area contributed by atoms with Crippen LogP contribution in [0.4, 0.5) is 9.39 Å². The molecule has 10 heteroatoms. The normalized spacial score (nSPS) is 12.5. The van der Waals surface area contributed by atoms with E-state index in [1.165, 1.54) is 35.3 Å². The number of alkyl halides is 1. The van der Waals surface area contributed by atoms with Crippen molar-refractivity contribution in [3.05, 3.63) is 63.4 Å². The topological polar surface area (TPSA) is 77.0 Å². The Hall–Kier alpha value is -1.84. The summed E-state index contributed by atoms with van der Waals surface area (Å²) < 4.78 is 22.1. The molecule has 1 heterocycles. The largest absolute Gasteiger partial charge is 0.358 e. The van der Waals surface area contributed by atoms with Crippen molar-refractivity contribution in [1.82, 2.24) is 0 Å². The highest BCUT2D eigenvalue weighted by molar-refractivity contribution is 8.03. The summed E-state index contributed by atoms with van der Waals surface area (Å²) in [7, 11) is 0. The summed E-state index contributed by atoms with van der Waals surface area (Å²) in [6.45, 7) is 10.7. The molecule has 0 aliphatic heterocycles. The fraction of sp³-hybridized carbons (Fsp3) is 0.423. The second-order valence-corrected chi connectivity index (χ2v) is 10.6. The van der Waals surface area contributed by atoms with Crippen molar-refractivity contribution < 1.29 is 28.4 Å². The minimum absolute atomic E-state index is 0.179. The second-order valence-electron chi connectivity index (χ2n) is 7.20. The molecule has 0 radical (unpaired) electrons. The van der Waals surface area contributed by atoms with Crippen LogP contribution in [0.2, 0.25) is 0 Å². The van der Waals surface area contributed by atoms with E-state index in [1.807, 2.05) is 38.1 Å². The van der Waals surface area contributed by atoms with Crippen molar-refractivity contribution in [1.29, 1.82) is 0 Å². The number of thioether (sulfide) groups is 1. The van der Waals surface area contributed by atoms with Crippen molar-refractivity contribution in [3.8, 4) is 12.3 Å². The predicted octanol–water partition coefficient (Wildman–Crippen LogP) is 7.99. The number of rotatable bonds is 16. The van der Waals surface area contributed by atoms with E-state index in [0.29, 0.717) is 28.7 Å². The van der Waals surface area contributed by atoms with Crippen molar-refractivity contribution >= 4 is 45.9 Å². The number of Topliss-reactive ketones (excluding diaryl/α,β-unsaturated/α-hetero) is 1. The van der Waals surface area contributed by atoms with Crippen LogP contribution in [0.1, 0.15) is 56.8 Å². The van der Waals surface area contributed by atoms with Crippen molar-refractivity contribution in [2.75, 3.05) is 24.7 Å². The van der Waals surface area contributed by atoms with Crippen LogP contribution in [0.3, 0.4) is 0 Å². The standard InChI is InChI=1S/C23H32FNO5S3.C3H4/c1-6-17(11-9-13-24)21(26)20-15-19(8-3)32-22(20)25-29-16-31-18(7-2)12-10-14-28-23(4,5)33-30-27;1-3-2/h6-7,9-12,15,25,27H,8,13-14,16H2,1-5H3;1H,2H3/b11-9-,12-10-,17-6+,18-7+;. The third-order valence-corrected chi connectivity index (χ3v) is 6.83. The maximum atomic E-state index is 12.9. The lowest BCUT2D eigenvalue weighted by Gasteiger charge is -2.20. The molecule has 200 valence electrons. The van der Waals surface area contributed by atoms with E-state index in [9.17, 15) is 9.18 Å². The molecule has 0 fully saturated rings. The van der Waals surface area contributed by atoms with Crippen molar-refractivity contribution in [3.63, 3.8) is 0 Å². The SMILES string of the molecule is C#CC.C/C=C(\C=C/COC(C)(C)SOO)SCONc1sc(CC)cc1C(=O)C(/C=C\CF)=C/C. The van der Waals surface area contributed by atoms with Gasteiger partial charge in [-0.2, -0.15) is 4.33 Å². The average Bonchev–Trinajstić information content (AvgIpc) is 3.27. The van der Waals surface area contributed by atoms with Crippen LogP contribution >= 0.6 is 35.1 Å².